The fraction of sp³-hybridized carbons (Fsp3) is 0.200. The molecule has 7 nitrogen and oxygen atoms in total. The number of esters is 3. The highest BCUT2D eigenvalue weighted by atomic mass is 16.5. The first-order valence-corrected chi connectivity index (χ1v) is 6.22. The third kappa shape index (κ3) is 2.48. The predicted molar refractivity (Wildman–Crippen MR) is 75.8 cm³/mol. The van der Waals surface area contributed by atoms with E-state index in [0.717, 1.165) is 14.2 Å². The van der Waals surface area contributed by atoms with Crippen molar-refractivity contribution in [3.05, 3.63) is 41.1 Å². The van der Waals surface area contributed by atoms with Gasteiger partial charge in [0, 0.05) is 5.39 Å². The Kier molecular flexibility index (Phi) is 4.36. The molecule has 1 aromatic heterocycles. The summed E-state index contributed by atoms with van der Waals surface area (Å²) in [4.78, 5) is 40.2. The zero-order chi connectivity index (χ0) is 16.3. The Bertz CT molecular complexity index is 768. The summed E-state index contributed by atoms with van der Waals surface area (Å²) in [6.07, 6.45) is 0. The molecule has 0 spiro atoms. The van der Waals surface area contributed by atoms with Gasteiger partial charge >= 0.3 is 17.9 Å². The first-order valence-electron chi connectivity index (χ1n) is 6.22. The van der Waals surface area contributed by atoms with Crippen LogP contribution in [0.3, 0.4) is 0 Å². The van der Waals surface area contributed by atoms with Gasteiger partial charge < -0.3 is 14.2 Å². The molecule has 0 unspecified atom stereocenters. The number of methoxy groups -OCH3 is 3. The van der Waals surface area contributed by atoms with Crippen LogP contribution >= 0.6 is 0 Å². The molecular weight excluding hydrogens is 290 g/mol. The van der Waals surface area contributed by atoms with Gasteiger partial charge in [-0.3, -0.25) is 0 Å². The molecule has 2 rings (SSSR count). The van der Waals surface area contributed by atoms with E-state index in [9.17, 15) is 14.4 Å². The Morgan fingerprint density at radius 2 is 1.36 bits per heavy atom. The number of carbonyl (C=O) groups excluding carboxylic acids is 3. The number of fused-ring (bicyclic) bond motifs is 1. The molecule has 0 aliphatic rings. The SMILES string of the molecule is COC(=O)c1nc2ccccc2c(C(=O)OC)c1C(=O)OC. The normalized spacial score (nSPS) is 10.1. The summed E-state index contributed by atoms with van der Waals surface area (Å²) in [5.74, 6) is -2.50. The smallest absolute Gasteiger partial charge is 0.357 e. The van der Waals surface area contributed by atoms with Gasteiger partial charge in [0.15, 0.2) is 5.69 Å². The van der Waals surface area contributed by atoms with E-state index in [1.54, 1.807) is 24.3 Å². The molecule has 7 heteroatoms. The zero-order valence-electron chi connectivity index (χ0n) is 12.2. The molecule has 0 fully saturated rings. The van der Waals surface area contributed by atoms with Gasteiger partial charge in [0.1, 0.15) is 5.56 Å². The number of hydrogen-bond donors (Lipinski definition) is 0. The van der Waals surface area contributed by atoms with Crippen molar-refractivity contribution in [1.82, 2.24) is 4.98 Å². The van der Waals surface area contributed by atoms with Crippen LogP contribution in [0.5, 0.6) is 0 Å². The third-order valence-electron chi connectivity index (χ3n) is 3.05. The Balaban J connectivity index is 2.97. The summed E-state index contributed by atoms with van der Waals surface area (Å²) < 4.78 is 14.0. The van der Waals surface area contributed by atoms with Crippen LogP contribution < -0.4 is 0 Å². The maximum atomic E-state index is 12.1. The lowest BCUT2D eigenvalue weighted by Gasteiger charge is -2.13. The van der Waals surface area contributed by atoms with Gasteiger partial charge in [0.2, 0.25) is 0 Å². The monoisotopic (exact) mass is 303 g/mol. The Morgan fingerprint density at radius 1 is 0.818 bits per heavy atom. The number of rotatable bonds is 3. The summed E-state index contributed by atoms with van der Waals surface area (Å²) in [7, 11) is 3.47. The van der Waals surface area contributed by atoms with Gasteiger partial charge in [-0.2, -0.15) is 0 Å². The standard InChI is InChI=1S/C15H13NO6/c1-20-13(17)10-8-6-4-5-7-9(8)16-12(15(19)22-3)11(10)14(18)21-2/h4-7H,1-3H3. The maximum absolute atomic E-state index is 12.1. The summed E-state index contributed by atoms with van der Waals surface area (Å²) >= 11 is 0. The van der Waals surface area contributed by atoms with Crippen LogP contribution in [0.25, 0.3) is 10.9 Å². The molecule has 114 valence electrons. The number of aromatic nitrogens is 1. The van der Waals surface area contributed by atoms with Crippen LogP contribution in [0.1, 0.15) is 31.2 Å². The van der Waals surface area contributed by atoms with Crippen molar-refractivity contribution in [2.24, 2.45) is 0 Å². The van der Waals surface area contributed by atoms with Crippen molar-refractivity contribution < 1.29 is 28.6 Å². The average molecular weight is 303 g/mol. The van der Waals surface area contributed by atoms with E-state index in [2.05, 4.69) is 14.5 Å². The Hall–Kier alpha value is -2.96. The summed E-state index contributed by atoms with van der Waals surface area (Å²) in [5.41, 5.74) is -0.301. The van der Waals surface area contributed by atoms with E-state index in [-0.39, 0.29) is 16.8 Å². The number of nitrogens with zero attached hydrogens (tertiary/aromatic N) is 1. The van der Waals surface area contributed by atoms with E-state index >= 15 is 0 Å². The number of hydrogen-bond acceptors (Lipinski definition) is 7. The van der Waals surface area contributed by atoms with Gasteiger partial charge in [-0.1, -0.05) is 18.2 Å². The van der Waals surface area contributed by atoms with Crippen molar-refractivity contribution in [2.75, 3.05) is 21.3 Å². The molecule has 2 aromatic rings. The van der Waals surface area contributed by atoms with Crippen LogP contribution in [0.4, 0.5) is 0 Å². The van der Waals surface area contributed by atoms with Gasteiger partial charge in [-0.15, -0.1) is 0 Å². The first-order chi connectivity index (χ1) is 10.5. The van der Waals surface area contributed by atoms with Crippen molar-refractivity contribution in [3.63, 3.8) is 0 Å². The molecule has 0 aliphatic heterocycles. The zero-order valence-corrected chi connectivity index (χ0v) is 12.2. The van der Waals surface area contributed by atoms with Crippen molar-refractivity contribution in [1.29, 1.82) is 0 Å². The predicted octanol–water partition coefficient (Wildman–Crippen LogP) is 1.59. The maximum Gasteiger partial charge on any atom is 0.357 e. The van der Waals surface area contributed by atoms with Gasteiger partial charge in [0.25, 0.3) is 0 Å². The van der Waals surface area contributed by atoms with Crippen molar-refractivity contribution in [2.45, 2.75) is 0 Å². The van der Waals surface area contributed by atoms with E-state index in [0.29, 0.717) is 10.9 Å². The minimum atomic E-state index is -0.876. The van der Waals surface area contributed by atoms with Gasteiger partial charge in [-0.05, 0) is 6.07 Å². The molecule has 0 saturated carbocycles. The second-order valence-electron chi connectivity index (χ2n) is 4.20. The Morgan fingerprint density at radius 3 is 1.95 bits per heavy atom. The molecular formula is C15H13NO6. The topological polar surface area (TPSA) is 91.8 Å². The first kappa shape index (κ1) is 15.4. The van der Waals surface area contributed by atoms with Gasteiger partial charge in [-0.25, -0.2) is 19.4 Å². The highest BCUT2D eigenvalue weighted by molar-refractivity contribution is 6.16. The lowest BCUT2D eigenvalue weighted by molar-refractivity contribution is 0.0533. The van der Waals surface area contributed by atoms with Crippen LogP contribution in [0.15, 0.2) is 24.3 Å². The number of pyridine rings is 1. The minimum Gasteiger partial charge on any atom is -0.465 e. The van der Waals surface area contributed by atoms with Gasteiger partial charge in [0.05, 0.1) is 32.4 Å². The number of ether oxygens (including phenoxy) is 3. The third-order valence-corrected chi connectivity index (χ3v) is 3.05. The molecule has 1 heterocycles. The average Bonchev–Trinajstić information content (AvgIpc) is 2.57. The van der Waals surface area contributed by atoms with E-state index in [1.807, 2.05) is 0 Å². The van der Waals surface area contributed by atoms with Crippen LogP contribution in [-0.4, -0.2) is 44.2 Å². The molecule has 0 N–H and O–H groups in total. The quantitative estimate of drug-likeness (QED) is 0.628. The van der Waals surface area contributed by atoms with E-state index < -0.39 is 17.9 Å². The summed E-state index contributed by atoms with van der Waals surface area (Å²) in [6.45, 7) is 0. The summed E-state index contributed by atoms with van der Waals surface area (Å²) in [6, 6.07) is 6.57. The number of para-hydroxylation sites is 1. The second kappa shape index (κ2) is 6.21. The minimum absolute atomic E-state index is 0.0830. The highest BCUT2D eigenvalue weighted by Gasteiger charge is 2.30. The molecule has 0 bridgehead atoms. The van der Waals surface area contributed by atoms with Crippen molar-refractivity contribution in [3.8, 4) is 0 Å². The van der Waals surface area contributed by atoms with E-state index in [4.69, 9.17) is 4.74 Å². The van der Waals surface area contributed by atoms with Crippen LogP contribution in [0, 0.1) is 0 Å². The molecule has 0 radical (unpaired) electrons. The molecule has 0 atom stereocenters. The summed E-state index contributed by atoms with van der Waals surface area (Å²) in [5, 5.41) is 0.377. The fourth-order valence-electron chi connectivity index (χ4n) is 2.07. The van der Waals surface area contributed by atoms with Crippen LogP contribution in [0.2, 0.25) is 0 Å². The fourth-order valence-corrected chi connectivity index (χ4v) is 2.07. The lowest BCUT2D eigenvalue weighted by atomic mass is 10.00. The molecule has 0 aliphatic carbocycles. The largest absolute Gasteiger partial charge is 0.465 e. The highest BCUT2D eigenvalue weighted by Crippen LogP contribution is 2.25. The second-order valence-corrected chi connectivity index (χ2v) is 4.20. The lowest BCUT2D eigenvalue weighted by Crippen LogP contribution is -2.20. The van der Waals surface area contributed by atoms with E-state index in [1.165, 1.54) is 7.11 Å². The van der Waals surface area contributed by atoms with Crippen molar-refractivity contribution >= 4 is 28.8 Å². The number of carbonyl (C=O) groups is 3. The molecule has 22 heavy (non-hydrogen) atoms. The molecule has 1 aromatic carbocycles. The Labute approximate surface area is 125 Å². The molecule has 0 saturated heterocycles. The number of benzene rings is 1. The molecule has 0 amide bonds. The van der Waals surface area contributed by atoms with Crippen LogP contribution in [-0.2, 0) is 14.2 Å².